The van der Waals surface area contributed by atoms with Crippen molar-refractivity contribution in [2.75, 3.05) is 26.7 Å². The first-order valence-corrected chi connectivity index (χ1v) is 9.46. The minimum absolute atomic E-state index is 0.521. The average molecular weight is 309 g/mol. The number of hydrogen-bond acceptors (Lipinski definition) is 3. The molecule has 1 aliphatic rings. The zero-order valence-corrected chi connectivity index (χ0v) is 14.8. The summed E-state index contributed by atoms with van der Waals surface area (Å²) < 4.78 is 0. The third-order valence-electron chi connectivity index (χ3n) is 5.00. The molecule has 1 unspecified atom stereocenters. The molecule has 0 aromatic carbocycles. The van der Waals surface area contributed by atoms with Crippen LogP contribution in [0.25, 0.3) is 0 Å². The van der Waals surface area contributed by atoms with E-state index in [9.17, 15) is 0 Å². The van der Waals surface area contributed by atoms with Gasteiger partial charge in [-0.25, -0.2) is 0 Å². The molecule has 0 spiro atoms. The van der Waals surface area contributed by atoms with Gasteiger partial charge in [-0.15, -0.1) is 11.3 Å². The largest absolute Gasteiger partial charge is 0.316 e. The first-order valence-electron chi connectivity index (χ1n) is 8.58. The number of hydrogen-bond donors (Lipinski definition) is 1. The van der Waals surface area contributed by atoms with Crippen LogP contribution >= 0.6 is 11.3 Å². The van der Waals surface area contributed by atoms with Crippen molar-refractivity contribution in [1.82, 2.24) is 10.2 Å². The number of thiophene rings is 1. The molecule has 1 saturated carbocycles. The summed E-state index contributed by atoms with van der Waals surface area (Å²) in [4.78, 5) is 4.11. The predicted molar refractivity (Wildman–Crippen MR) is 94.2 cm³/mol. The van der Waals surface area contributed by atoms with Gasteiger partial charge in [-0.2, -0.15) is 0 Å². The third-order valence-corrected chi connectivity index (χ3v) is 5.90. The van der Waals surface area contributed by atoms with Gasteiger partial charge < -0.3 is 10.2 Å². The van der Waals surface area contributed by atoms with E-state index < -0.39 is 0 Å². The van der Waals surface area contributed by atoms with Crippen molar-refractivity contribution in [3.8, 4) is 0 Å². The lowest BCUT2D eigenvalue weighted by atomic mass is 9.85. The number of rotatable bonds is 9. The highest BCUT2D eigenvalue weighted by Crippen LogP contribution is 2.38. The first kappa shape index (κ1) is 17.0. The second kappa shape index (κ2) is 8.30. The highest BCUT2D eigenvalue weighted by Gasteiger charge is 2.35. The predicted octanol–water partition coefficient (Wildman–Crippen LogP) is 4.17. The van der Waals surface area contributed by atoms with E-state index in [4.69, 9.17) is 0 Å². The number of nitrogens with one attached hydrogen (secondary N) is 1. The first-order chi connectivity index (χ1) is 10.2. The molecular formula is C18H32N2S. The Morgan fingerprint density at radius 2 is 2.14 bits per heavy atom. The molecule has 0 saturated heterocycles. The summed E-state index contributed by atoms with van der Waals surface area (Å²) in [5.74, 6) is 0. The van der Waals surface area contributed by atoms with Crippen LogP contribution < -0.4 is 5.32 Å². The van der Waals surface area contributed by atoms with E-state index in [-0.39, 0.29) is 0 Å². The number of nitrogens with zero attached hydrogens (tertiary/aromatic N) is 1. The minimum Gasteiger partial charge on any atom is -0.316 e. The van der Waals surface area contributed by atoms with Crippen LogP contribution in [-0.2, 0) is 6.42 Å². The summed E-state index contributed by atoms with van der Waals surface area (Å²) in [7, 11) is 2.32. The average Bonchev–Trinajstić information content (AvgIpc) is 3.11. The molecule has 1 heterocycles. The molecule has 1 atom stereocenters. The van der Waals surface area contributed by atoms with Crippen molar-refractivity contribution in [2.24, 2.45) is 5.41 Å². The lowest BCUT2D eigenvalue weighted by Crippen LogP contribution is -2.44. The number of likely N-dealkylation sites (N-methyl/N-ethyl adjacent to an activating group) is 1. The molecule has 21 heavy (non-hydrogen) atoms. The van der Waals surface area contributed by atoms with Crippen molar-refractivity contribution in [3.05, 3.63) is 22.4 Å². The molecule has 1 aromatic rings. The minimum atomic E-state index is 0.521. The summed E-state index contributed by atoms with van der Waals surface area (Å²) >= 11 is 1.89. The van der Waals surface area contributed by atoms with Gasteiger partial charge in [0, 0.05) is 24.0 Å². The fraction of sp³-hybridized carbons (Fsp3) is 0.778. The fourth-order valence-corrected chi connectivity index (χ4v) is 4.43. The molecule has 1 aliphatic carbocycles. The smallest absolute Gasteiger partial charge is 0.0112 e. The molecule has 0 radical (unpaired) electrons. The Morgan fingerprint density at radius 3 is 2.76 bits per heavy atom. The molecule has 1 N–H and O–H groups in total. The highest BCUT2D eigenvalue weighted by molar-refractivity contribution is 7.09. The van der Waals surface area contributed by atoms with Crippen molar-refractivity contribution in [2.45, 2.75) is 58.4 Å². The SMILES string of the molecule is CCCNCC1(CN(C)C(C)Cc2cccs2)CCCC1. The van der Waals surface area contributed by atoms with Crippen LogP contribution in [0.4, 0.5) is 0 Å². The molecule has 2 rings (SSSR count). The van der Waals surface area contributed by atoms with Crippen LogP contribution in [-0.4, -0.2) is 37.6 Å². The zero-order valence-electron chi connectivity index (χ0n) is 14.0. The maximum absolute atomic E-state index is 3.68. The summed E-state index contributed by atoms with van der Waals surface area (Å²) in [5, 5.41) is 5.87. The van der Waals surface area contributed by atoms with E-state index >= 15 is 0 Å². The molecule has 3 heteroatoms. The zero-order chi connectivity index (χ0) is 15.1. The maximum atomic E-state index is 3.68. The van der Waals surface area contributed by atoms with Gasteiger partial charge in [-0.1, -0.05) is 25.8 Å². The molecular weight excluding hydrogens is 276 g/mol. The van der Waals surface area contributed by atoms with Gasteiger partial charge in [0.1, 0.15) is 0 Å². The molecule has 120 valence electrons. The van der Waals surface area contributed by atoms with Gasteiger partial charge in [-0.3, -0.25) is 0 Å². The molecule has 1 aromatic heterocycles. The summed E-state index contributed by atoms with van der Waals surface area (Å²) in [6, 6.07) is 5.07. The van der Waals surface area contributed by atoms with E-state index in [2.05, 4.69) is 48.6 Å². The highest BCUT2D eigenvalue weighted by atomic mass is 32.1. The summed E-state index contributed by atoms with van der Waals surface area (Å²) in [6.07, 6.45) is 8.06. The Kier molecular flexibility index (Phi) is 6.72. The second-order valence-corrected chi connectivity index (χ2v) is 7.96. The van der Waals surface area contributed by atoms with E-state index in [0.717, 1.165) is 6.54 Å². The summed E-state index contributed by atoms with van der Waals surface area (Å²) in [5.41, 5.74) is 0.521. The van der Waals surface area contributed by atoms with Crippen LogP contribution in [0, 0.1) is 5.41 Å². The van der Waals surface area contributed by atoms with Crippen molar-refractivity contribution < 1.29 is 0 Å². The lowest BCUT2D eigenvalue weighted by molar-refractivity contribution is 0.141. The van der Waals surface area contributed by atoms with Crippen molar-refractivity contribution in [1.29, 1.82) is 0 Å². The van der Waals surface area contributed by atoms with Crippen molar-refractivity contribution >= 4 is 11.3 Å². The molecule has 1 fully saturated rings. The summed E-state index contributed by atoms with van der Waals surface area (Å²) in [6.45, 7) is 8.24. The molecule has 0 aliphatic heterocycles. The Morgan fingerprint density at radius 1 is 1.38 bits per heavy atom. The van der Waals surface area contributed by atoms with Crippen LogP contribution in [0.3, 0.4) is 0 Å². The normalized spacial score (nSPS) is 19.2. The van der Waals surface area contributed by atoms with Gasteiger partial charge >= 0.3 is 0 Å². The van der Waals surface area contributed by atoms with Crippen LogP contribution in [0.15, 0.2) is 17.5 Å². The van der Waals surface area contributed by atoms with E-state index in [1.54, 1.807) is 0 Å². The van der Waals surface area contributed by atoms with Gasteiger partial charge in [0.05, 0.1) is 0 Å². The molecule has 0 amide bonds. The fourth-order valence-electron chi connectivity index (χ4n) is 3.61. The Hall–Kier alpha value is -0.380. The van der Waals surface area contributed by atoms with Gasteiger partial charge in [0.15, 0.2) is 0 Å². The van der Waals surface area contributed by atoms with Crippen molar-refractivity contribution in [3.63, 3.8) is 0 Å². The lowest BCUT2D eigenvalue weighted by Gasteiger charge is -2.36. The standard InChI is InChI=1S/C18H32N2S/c1-4-11-19-14-18(9-5-6-10-18)15-20(3)16(2)13-17-8-7-12-21-17/h7-8,12,16,19H,4-6,9-11,13-15H2,1-3H3. The van der Waals surface area contributed by atoms with Gasteiger partial charge in [-0.05, 0) is 63.1 Å². The topological polar surface area (TPSA) is 15.3 Å². The molecule has 2 nitrogen and oxygen atoms in total. The Labute approximate surface area is 134 Å². The second-order valence-electron chi connectivity index (χ2n) is 6.93. The monoisotopic (exact) mass is 308 g/mol. The Balaban J connectivity index is 1.86. The van der Waals surface area contributed by atoms with E-state index in [0.29, 0.717) is 11.5 Å². The van der Waals surface area contributed by atoms with Crippen LogP contribution in [0.2, 0.25) is 0 Å². The van der Waals surface area contributed by atoms with E-state index in [1.807, 2.05) is 11.3 Å². The van der Waals surface area contributed by atoms with Gasteiger partial charge in [0.25, 0.3) is 0 Å². The van der Waals surface area contributed by atoms with Crippen LogP contribution in [0.1, 0.15) is 50.8 Å². The quantitative estimate of drug-likeness (QED) is 0.689. The molecule has 0 bridgehead atoms. The third kappa shape index (κ3) is 5.08. The van der Waals surface area contributed by atoms with Gasteiger partial charge in [0.2, 0.25) is 0 Å². The maximum Gasteiger partial charge on any atom is 0.0112 e. The Bertz CT molecular complexity index is 382. The van der Waals surface area contributed by atoms with Crippen LogP contribution in [0.5, 0.6) is 0 Å². The van der Waals surface area contributed by atoms with E-state index in [1.165, 1.54) is 56.5 Å².